The molecule has 3 heterocycles. The van der Waals surface area contributed by atoms with E-state index in [1.165, 1.54) is 0 Å². The number of para-hydroxylation sites is 1. The average Bonchev–Trinajstić information content (AvgIpc) is 3.30. The zero-order valence-electron chi connectivity index (χ0n) is 16.5. The van der Waals surface area contributed by atoms with Crippen LogP contribution in [0, 0.1) is 11.3 Å². The Morgan fingerprint density at radius 1 is 1.23 bits per heavy atom. The Balaban J connectivity index is 1.66. The maximum absolute atomic E-state index is 13.7. The summed E-state index contributed by atoms with van der Waals surface area (Å²) in [4.78, 5) is 20.3. The maximum atomic E-state index is 13.7. The lowest BCUT2D eigenvalue weighted by atomic mass is 9.85. The highest BCUT2D eigenvalue weighted by atomic mass is 16.5. The smallest absolute Gasteiger partial charge is 0.255 e. The molecule has 2 aromatic heterocycles. The summed E-state index contributed by atoms with van der Waals surface area (Å²) in [6.45, 7) is 1.15. The van der Waals surface area contributed by atoms with Crippen molar-refractivity contribution in [3.63, 3.8) is 0 Å². The predicted octanol–water partition coefficient (Wildman–Crippen LogP) is 4.07. The molecule has 0 N–H and O–H groups in total. The molecular weight excluding hydrogens is 378 g/mol. The number of carbonyl (C=O) groups is 1. The van der Waals surface area contributed by atoms with Gasteiger partial charge in [-0.15, -0.1) is 0 Å². The molecule has 6 heteroatoms. The highest BCUT2D eigenvalue weighted by Crippen LogP contribution is 2.36. The van der Waals surface area contributed by atoms with Crippen LogP contribution in [0.15, 0.2) is 47.1 Å². The molecule has 1 amide bonds. The summed E-state index contributed by atoms with van der Waals surface area (Å²) in [6, 6.07) is 13.7. The van der Waals surface area contributed by atoms with Gasteiger partial charge in [-0.2, -0.15) is 5.26 Å². The zero-order chi connectivity index (χ0) is 20.5. The second-order valence-corrected chi connectivity index (χ2v) is 7.61. The van der Waals surface area contributed by atoms with Crippen LogP contribution in [-0.2, 0) is 11.2 Å². The van der Waals surface area contributed by atoms with Crippen LogP contribution in [0.25, 0.3) is 22.6 Å². The summed E-state index contributed by atoms with van der Waals surface area (Å²) in [7, 11) is 0. The van der Waals surface area contributed by atoms with E-state index in [1.807, 2.05) is 42.5 Å². The Hall–Kier alpha value is -3.43. The highest BCUT2D eigenvalue weighted by molar-refractivity contribution is 6.09. The molecule has 2 aliphatic rings. The van der Waals surface area contributed by atoms with Gasteiger partial charge >= 0.3 is 0 Å². The van der Waals surface area contributed by atoms with Crippen LogP contribution in [-0.4, -0.2) is 41.6 Å². The van der Waals surface area contributed by atoms with Crippen LogP contribution in [0.3, 0.4) is 0 Å². The minimum atomic E-state index is -0.582. The van der Waals surface area contributed by atoms with Gasteiger partial charge in [0.05, 0.1) is 42.3 Å². The number of morpholine rings is 1. The number of amides is 1. The van der Waals surface area contributed by atoms with Gasteiger partial charge in [0.2, 0.25) is 0 Å². The van der Waals surface area contributed by atoms with Crippen LogP contribution in [0.5, 0.6) is 0 Å². The Morgan fingerprint density at radius 2 is 2.13 bits per heavy atom. The van der Waals surface area contributed by atoms with E-state index >= 15 is 0 Å². The van der Waals surface area contributed by atoms with E-state index in [0.29, 0.717) is 18.7 Å². The SMILES string of the molecule is N#CC1CN(C(=O)c2c3c(nc4ccccc24)C(=Cc2ccco2)CCC3)CCO1. The van der Waals surface area contributed by atoms with Crippen molar-refractivity contribution in [1.29, 1.82) is 5.26 Å². The normalized spacial score (nSPS) is 20.2. The van der Waals surface area contributed by atoms with E-state index in [-0.39, 0.29) is 12.5 Å². The number of nitrogens with zero attached hydrogens (tertiary/aromatic N) is 3. The fourth-order valence-corrected chi connectivity index (χ4v) is 4.33. The number of aromatic nitrogens is 1. The van der Waals surface area contributed by atoms with E-state index in [4.69, 9.17) is 14.1 Å². The van der Waals surface area contributed by atoms with Gasteiger partial charge in [-0.25, -0.2) is 4.98 Å². The second-order valence-electron chi connectivity index (χ2n) is 7.61. The van der Waals surface area contributed by atoms with Gasteiger partial charge in [-0.05, 0) is 54.7 Å². The lowest BCUT2D eigenvalue weighted by Crippen LogP contribution is -2.45. The van der Waals surface area contributed by atoms with Gasteiger partial charge in [0.25, 0.3) is 5.91 Å². The molecule has 3 aromatic rings. The van der Waals surface area contributed by atoms with Crippen molar-refractivity contribution in [1.82, 2.24) is 9.88 Å². The van der Waals surface area contributed by atoms with E-state index in [2.05, 4.69) is 6.07 Å². The first-order valence-corrected chi connectivity index (χ1v) is 10.2. The number of rotatable bonds is 2. The highest BCUT2D eigenvalue weighted by Gasteiger charge is 2.30. The molecule has 30 heavy (non-hydrogen) atoms. The first-order valence-electron chi connectivity index (χ1n) is 10.2. The number of pyridine rings is 1. The van der Waals surface area contributed by atoms with Gasteiger partial charge in [0, 0.05) is 11.9 Å². The molecule has 1 aliphatic heterocycles. The number of furan rings is 1. The lowest BCUT2D eigenvalue weighted by molar-refractivity contribution is 0.00350. The number of allylic oxidation sites excluding steroid dienone is 1. The Bertz CT molecular complexity index is 1170. The van der Waals surface area contributed by atoms with Crippen LogP contribution in [0.2, 0.25) is 0 Å². The van der Waals surface area contributed by atoms with Crippen LogP contribution >= 0.6 is 0 Å². The van der Waals surface area contributed by atoms with Crippen LogP contribution < -0.4 is 0 Å². The summed E-state index contributed by atoms with van der Waals surface area (Å²) in [5.74, 6) is 0.735. The van der Waals surface area contributed by atoms with Gasteiger partial charge in [0.15, 0.2) is 6.10 Å². The third-order valence-electron chi connectivity index (χ3n) is 5.74. The largest absolute Gasteiger partial charge is 0.465 e. The predicted molar refractivity (Wildman–Crippen MR) is 113 cm³/mol. The molecule has 1 aliphatic carbocycles. The van der Waals surface area contributed by atoms with Crippen LogP contribution in [0.1, 0.15) is 40.2 Å². The van der Waals surface area contributed by atoms with Crippen molar-refractivity contribution in [2.75, 3.05) is 19.7 Å². The first-order chi connectivity index (χ1) is 14.7. The molecule has 0 radical (unpaired) electrons. The van der Waals surface area contributed by atoms with Crippen molar-refractivity contribution >= 4 is 28.5 Å². The fourth-order valence-electron chi connectivity index (χ4n) is 4.33. The Labute approximate surface area is 174 Å². The maximum Gasteiger partial charge on any atom is 0.255 e. The summed E-state index contributed by atoms with van der Waals surface area (Å²) in [5, 5.41) is 10.1. The van der Waals surface area contributed by atoms with Gasteiger partial charge < -0.3 is 14.1 Å². The minimum Gasteiger partial charge on any atom is -0.465 e. The van der Waals surface area contributed by atoms with E-state index in [1.54, 1.807) is 11.2 Å². The van der Waals surface area contributed by atoms with Crippen molar-refractivity contribution in [3.8, 4) is 6.07 Å². The molecule has 1 unspecified atom stereocenters. The molecule has 1 saturated heterocycles. The number of carbonyl (C=O) groups excluding carboxylic acids is 1. The molecule has 0 bridgehead atoms. The van der Waals surface area contributed by atoms with Gasteiger partial charge in [-0.1, -0.05) is 18.2 Å². The summed E-state index contributed by atoms with van der Waals surface area (Å²) >= 11 is 0. The molecule has 150 valence electrons. The lowest BCUT2D eigenvalue weighted by Gasteiger charge is -2.31. The molecule has 0 spiro atoms. The van der Waals surface area contributed by atoms with E-state index in [9.17, 15) is 10.1 Å². The quantitative estimate of drug-likeness (QED) is 0.649. The topological polar surface area (TPSA) is 79.4 Å². The molecule has 5 rings (SSSR count). The first kappa shape index (κ1) is 18.6. The number of hydrogen-bond acceptors (Lipinski definition) is 5. The Morgan fingerprint density at radius 3 is 2.97 bits per heavy atom. The molecule has 6 nitrogen and oxygen atoms in total. The third-order valence-corrected chi connectivity index (χ3v) is 5.74. The number of nitriles is 1. The van der Waals surface area contributed by atoms with E-state index < -0.39 is 6.10 Å². The van der Waals surface area contributed by atoms with E-state index in [0.717, 1.165) is 52.8 Å². The zero-order valence-corrected chi connectivity index (χ0v) is 16.5. The molecule has 1 fully saturated rings. The molecule has 0 saturated carbocycles. The number of hydrogen-bond donors (Lipinski definition) is 0. The second kappa shape index (κ2) is 7.77. The standard InChI is InChI=1S/C24H21N3O3/c25-14-18-15-27(10-12-30-18)24(28)22-19-7-1-2-9-21(19)26-23-16(5-3-8-20(22)23)13-17-6-4-11-29-17/h1-2,4,6-7,9,11,13,18H,3,5,8,10,12,15H2. The Kier molecular flexibility index (Phi) is 4.82. The van der Waals surface area contributed by atoms with Crippen molar-refractivity contribution < 1.29 is 13.9 Å². The minimum absolute atomic E-state index is 0.0485. The number of benzene rings is 1. The fraction of sp³-hybridized carbons (Fsp3) is 0.292. The molecule has 1 atom stereocenters. The van der Waals surface area contributed by atoms with Crippen molar-refractivity contribution in [3.05, 3.63) is 65.2 Å². The number of fused-ring (bicyclic) bond motifs is 2. The monoisotopic (exact) mass is 399 g/mol. The van der Waals surface area contributed by atoms with Gasteiger partial charge in [-0.3, -0.25) is 4.79 Å². The summed E-state index contributed by atoms with van der Waals surface area (Å²) < 4.78 is 10.9. The summed E-state index contributed by atoms with van der Waals surface area (Å²) in [5.41, 5.74) is 4.46. The number of ether oxygens (including phenoxy) is 1. The van der Waals surface area contributed by atoms with Gasteiger partial charge in [0.1, 0.15) is 5.76 Å². The third kappa shape index (κ3) is 3.27. The van der Waals surface area contributed by atoms with Crippen LogP contribution in [0.4, 0.5) is 0 Å². The average molecular weight is 399 g/mol. The summed E-state index contributed by atoms with van der Waals surface area (Å²) in [6.07, 6.45) is 5.73. The van der Waals surface area contributed by atoms with Crippen molar-refractivity contribution in [2.45, 2.75) is 25.4 Å². The molecule has 1 aromatic carbocycles. The molecular formula is C24H21N3O3. The van der Waals surface area contributed by atoms with Crippen molar-refractivity contribution in [2.24, 2.45) is 0 Å².